The van der Waals surface area contributed by atoms with Crippen LogP contribution < -0.4 is 10.5 Å². The van der Waals surface area contributed by atoms with Gasteiger partial charge in [-0.15, -0.1) is 0 Å². The second kappa shape index (κ2) is 9.08. The highest BCUT2D eigenvalue weighted by molar-refractivity contribution is 6.30. The topological polar surface area (TPSA) is 61.0 Å². The number of nitrogens with zero attached hydrogens (tertiary/aromatic N) is 2. The third kappa shape index (κ3) is 4.67. The van der Waals surface area contributed by atoms with Gasteiger partial charge in [-0.2, -0.15) is 0 Å². The lowest BCUT2D eigenvalue weighted by atomic mass is 10.0. The molecule has 1 aromatic heterocycles. The number of nitrogens with two attached hydrogens (primary N) is 1. The van der Waals surface area contributed by atoms with Crippen molar-refractivity contribution < 1.29 is 4.74 Å². The van der Waals surface area contributed by atoms with Gasteiger partial charge in [-0.1, -0.05) is 83.9 Å². The van der Waals surface area contributed by atoms with Crippen molar-refractivity contribution >= 4 is 11.6 Å². The number of rotatable bonds is 6. The van der Waals surface area contributed by atoms with Crippen LogP contribution in [-0.2, 0) is 0 Å². The van der Waals surface area contributed by atoms with Crippen molar-refractivity contribution in [3.8, 4) is 28.4 Å². The van der Waals surface area contributed by atoms with Crippen molar-refractivity contribution in [1.82, 2.24) is 9.97 Å². The quantitative estimate of drug-likeness (QED) is 0.429. The number of benzene rings is 3. The first-order chi connectivity index (χ1) is 14.6. The van der Waals surface area contributed by atoms with E-state index in [4.69, 9.17) is 27.1 Å². The highest BCUT2D eigenvalue weighted by Gasteiger charge is 2.14. The molecule has 4 nitrogen and oxygen atoms in total. The molecule has 4 rings (SSSR count). The summed E-state index contributed by atoms with van der Waals surface area (Å²) in [5.41, 5.74) is 11.9. The Morgan fingerprint density at radius 1 is 0.867 bits per heavy atom. The first-order valence-corrected chi connectivity index (χ1v) is 10.1. The zero-order valence-electron chi connectivity index (χ0n) is 16.6. The molecule has 0 amide bonds. The summed E-state index contributed by atoms with van der Waals surface area (Å²) in [6, 6.07) is 25.4. The number of hydrogen-bond donors (Lipinski definition) is 1. The molecule has 0 radical (unpaired) electrons. The van der Waals surface area contributed by atoms with Gasteiger partial charge in [0.25, 0.3) is 0 Å². The lowest BCUT2D eigenvalue weighted by molar-refractivity contribution is 0.279. The largest absolute Gasteiger partial charge is 0.475 e. The second-order valence-electron chi connectivity index (χ2n) is 7.11. The fourth-order valence-corrected chi connectivity index (χ4v) is 3.27. The summed E-state index contributed by atoms with van der Waals surface area (Å²) in [6.07, 6.45) is 1.64. The van der Waals surface area contributed by atoms with Crippen LogP contribution in [0.25, 0.3) is 22.5 Å². The molecular formula is C25H22ClN3O. The van der Waals surface area contributed by atoms with E-state index in [-0.39, 0.29) is 6.04 Å². The highest BCUT2D eigenvalue weighted by Crippen LogP contribution is 2.31. The van der Waals surface area contributed by atoms with Crippen molar-refractivity contribution in [1.29, 1.82) is 0 Å². The highest BCUT2D eigenvalue weighted by atomic mass is 35.5. The zero-order chi connectivity index (χ0) is 20.9. The van der Waals surface area contributed by atoms with Gasteiger partial charge in [-0.05, 0) is 24.6 Å². The minimum atomic E-state index is -0.244. The molecule has 0 aliphatic carbocycles. The summed E-state index contributed by atoms with van der Waals surface area (Å²) < 4.78 is 5.90. The number of halogens is 1. The van der Waals surface area contributed by atoms with Crippen molar-refractivity contribution in [2.75, 3.05) is 6.61 Å². The van der Waals surface area contributed by atoms with Gasteiger partial charge in [0.1, 0.15) is 12.3 Å². The number of ether oxygens (including phenoxy) is 1. The Hall–Kier alpha value is -3.21. The van der Waals surface area contributed by atoms with Crippen LogP contribution in [0.2, 0.25) is 5.02 Å². The molecule has 30 heavy (non-hydrogen) atoms. The maximum atomic E-state index is 6.26. The molecule has 0 bridgehead atoms. The molecule has 1 atom stereocenters. The summed E-state index contributed by atoms with van der Waals surface area (Å²) in [7, 11) is 0. The first-order valence-electron chi connectivity index (χ1n) is 9.73. The molecule has 0 fully saturated rings. The third-order valence-corrected chi connectivity index (χ3v) is 5.08. The summed E-state index contributed by atoms with van der Waals surface area (Å²) in [5, 5.41) is 0.679. The molecule has 0 saturated carbocycles. The van der Waals surface area contributed by atoms with E-state index in [0.717, 1.165) is 28.1 Å². The summed E-state index contributed by atoms with van der Waals surface area (Å²) in [6.45, 7) is 2.37. The normalized spacial score (nSPS) is 11.8. The lowest BCUT2D eigenvalue weighted by Crippen LogP contribution is -2.19. The van der Waals surface area contributed by atoms with E-state index in [9.17, 15) is 0 Å². The predicted molar refractivity (Wildman–Crippen MR) is 122 cm³/mol. The molecular weight excluding hydrogens is 394 g/mol. The Morgan fingerprint density at radius 2 is 1.50 bits per heavy atom. The van der Waals surface area contributed by atoms with Gasteiger partial charge in [0, 0.05) is 16.1 Å². The Kier molecular flexibility index (Phi) is 6.07. The number of hydrogen-bond acceptors (Lipinski definition) is 4. The van der Waals surface area contributed by atoms with Crippen LogP contribution in [-0.4, -0.2) is 16.6 Å². The maximum Gasteiger partial charge on any atom is 0.232 e. The van der Waals surface area contributed by atoms with E-state index < -0.39 is 0 Å². The van der Waals surface area contributed by atoms with E-state index in [2.05, 4.69) is 24.0 Å². The monoisotopic (exact) mass is 415 g/mol. The molecule has 1 heterocycles. The van der Waals surface area contributed by atoms with Crippen LogP contribution >= 0.6 is 11.6 Å². The Bertz CT molecular complexity index is 1110. The molecule has 2 N–H and O–H groups in total. The van der Waals surface area contributed by atoms with Crippen molar-refractivity contribution in [2.24, 2.45) is 5.73 Å². The molecule has 3 aromatic carbocycles. The molecule has 0 saturated heterocycles. The predicted octanol–water partition coefficient (Wildman–Crippen LogP) is 5.85. The molecule has 1 unspecified atom stereocenters. The van der Waals surface area contributed by atoms with Gasteiger partial charge < -0.3 is 10.5 Å². The van der Waals surface area contributed by atoms with Gasteiger partial charge in [-0.25, -0.2) is 9.97 Å². The van der Waals surface area contributed by atoms with E-state index in [1.165, 1.54) is 5.56 Å². The van der Waals surface area contributed by atoms with Crippen LogP contribution in [0.1, 0.15) is 17.2 Å². The van der Waals surface area contributed by atoms with Crippen LogP contribution in [0.5, 0.6) is 5.88 Å². The summed E-state index contributed by atoms with van der Waals surface area (Å²) >= 11 is 6.05. The standard InChI is InChI=1S/C25H22ClN3O/c1-17-7-9-20(10-8-17)25-24(19-11-13-21(26)14-12-19)28-15-23(29-25)30-16-22(27)18-5-3-2-4-6-18/h2-15,22H,16,27H2,1H3. The number of aromatic nitrogens is 2. The van der Waals surface area contributed by atoms with Gasteiger partial charge in [0.05, 0.1) is 17.9 Å². The Morgan fingerprint density at radius 3 is 2.20 bits per heavy atom. The first kappa shape index (κ1) is 20.1. The summed E-state index contributed by atoms with van der Waals surface area (Å²) in [5.74, 6) is 0.440. The molecule has 0 spiro atoms. The minimum Gasteiger partial charge on any atom is -0.475 e. The fourth-order valence-electron chi connectivity index (χ4n) is 3.15. The Balaban J connectivity index is 1.65. The zero-order valence-corrected chi connectivity index (χ0v) is 17.4. The molecule has 5 heteroatoms. The van der Waals surface area contributed by atoms with E-state index in [0.29, 0.717) is 17.5 Å². The molecule has 0 aliphatic rings. The van der Waals surface area contributed by atoms with Crippen LogP contribution in [0.15, 0.2) is 85.1 Å². The van der Waals surface area contributed by atoms with E-state index in [1.807, 2.05) is 66.7 Å². The molecule has 0 aliphatic heterocycles. The SMILES string of the molecule is Cc1ccc(-c2nc(OCC(N)c3ccccc3)cnc2-c2ccc(Cl)cc2)cc1. The fraction of sp³-hybridized carbons (Fsp3) is 0.120. The van der Waals surface area contributed by atoms with E-state index in [1.54, 1.807) is 6.20 Å². The third-order valence-electron chi connectivity index (χ3n) is 4.83. The lowest BCUT2D eigenvalue weighted by Gasteiger charge is -2.15. The van der Waals surface area contributed by atoms with Gasteiger partial charge in [0.2, 0.25) is 5.88 Å². The Labute approximate surface area is 181 Å². The maximum absolute atomic E-state index is 6.26. The number of aryl methyl sites for hydroxylation is 1. The van der Waals surface area contributed by atoms with Crippen LogP contribution in [0, 0.1) is 6.92 Å². The van der Waals surface area contributed by atoms with Gasteiger partial charge >= 0.3 is 0 Å². The molecule has 150 valence electrons. The second-order valence-corrected chi connectivity index (χ2v) is 7.54. The average Bonchev–Trinajstić information content (AvgIpc) is 2.79. The average molecular weight is 416 g/mol. The van der Waals surface area contributed by atoms with Crippen LogP contribution in [0.4, 0.5) is 0 Å². The van der Waals surface area contributed by atoms with Crippen molar-refractivity contribution in [2.45, 2.75) is 13.0 Å². The van der Waals surface area contributed by atoms with Gasteiger partial charge in [0.15, 0.2) is 0 Å². The minimum absolute atomic E-state index is 0.244. The summed E-state index contributed by atoms with van der Waals surface area (Å²) in [4.78, 5) is 9.42. The van der Waals surface area contributed by atoms with Crippen molar-refractivity contribution in [3.63, 3.8) is 0 Å². The van der Waals surface area contributed by atoms with Crippen LogP contribution in [0.3, 0.4) is 0 Å². The smallest absolute Gasteiger partial charge is 0.232 e. The van der Waals surface area contributed by atoms with Crippen molar-refractivity contribution in [3.05, 3.63) is 101 Å². The molecule has 4 aromatic rings. The van der Waals surface area contributed by atoms with Gasteiger partial charge in [-0.3, -0.25) is 0 Å². The van der Waals surface area contributed by atoms with E-state index >= 15 is 0 Å².